The van der Waals surface area contributed by atoms with Gasteiger partial charge in [0.25, 0.3) is 0 Å². The number of hydrogen-bond donors (Lipinski definition) is 3. The number of aromatic hydroxyl groups is 2. The summed E-state index contributed by atoms with van der Waals surface area (Å²) < 4.78 is 0. The van der Waals surface area contributed by atoms with Crippen LogP contribution in [0.1, 0.15) is 27.2 Å². The predicted octanol–water partition coefficient (Wildman–Crippen LogP) is 3.19. The lowest BCUT2D eigenvalue weighted by molar-refractivity contribution is -0.130. The third-order valence-electron chi connectivity index (χ3n) is 3.43. The van der Waals surface area contributed by atoms with Crippen LogP contribution in [0.5, 0.6) is 11.5 Å². The molecule has 0 saturated heterocycles. The fraction of sp³-hybridized carbons (Fsp3) is 0.294. The van der Waals surface area contributed by atoms with E-state index in [2.05, 4.69) is 5.32 Å². The summed E-state index contributed by atoms with van der Waals surface area (Å²) in [5.74, 6) is -0.907. The van der Waals surface area contributed by atoms with Crippen molar-refractivity contribution in [2.75, 3.05) is 5.32 Å². The van der Waals surface area contributed by atoms with Crippen molar-refractivity contribution in [1.82, 2.24) is 0 Å². The molecule has 2 rings (SSSR count). The molecule has 0 saturated carbocycles. The van der Waals surface area contributed by atoms with E-state index in [0.717, 1.165) is 0 Å². The molecule has 0 aliphatic rings. The largest absolute Gasteiger partial charge is 0.507 e. The van der Waals surface area contributed by atoms with Crippen LogP contribution in [0.2, 0.25) is 0 Å². The lowest BCUT2D eigenvalue weighted by Gasteiger charge is -2.16. The van der Waals surface area contributed by atoms with Crippen molar-refractivity contribution in [3.8, 4) is 11.5 Å². The van der Waals surface area contributed by atoms with Gasteiger partial charge in [0.15, 0.2) is 0 Å². The highest BCUT2D eigenvalue weighted by atomic mass is 16.3. The average molecular weight is 301 g/mol. The Kier molecular flexibility index (Phi) is 4.08. The highest BCUT2D eigenvalue weighted by molar-refractivity contribution is 6.08. The second kappa shape index (κ2) is 5.67. The molecule has 0 aromatic heterocycles. The van der Waals surface area contributed by atoms with Gasteiger partial charge < -0.3 is 15.5 Å². The van der Waals surface area contributed by atoms with Crippen LogP contribution in [0.25, 0.3) is 10.8 Å². The Bertz CT molecular complexity index is 744. The van der Waals surface area contributed by atoms with Crippen molar-refractivity contribution in [3.63, 3.8) is 0 Å². The maximum absolute atomic E-state index is 11.9. The van der Waals surface area contributed by atoms with Gasteiger partial charge in [0, 0.05) is 22.3 Å². The molecular weight excluding hydrogens is 282 g/mol. The summed E-state index contributed by atoms with van der Waals surface area (Å²) in [6.45, 7) is 5.21. The Hall–Kier alpha value is -2.56. The maximum atomic E-state index is 11.9. The van der Waals surface area contributed by atoms with Crippen LogP contribution < -0.4 is 5.32 Å². The third-order valence-corrected chi connectivity index (χ3v) is 3.43. The molecule has 0 atom stereocenters. The number of nitrogens with one attached hydrogen (secondary N) is 1. The van der Waals surface area contributed by atoms with E-state index in [9.17, 15) is 19.8 Å². The summed E-state index contributed by atoms with van der Waals surface area (Å²) in [5, 5.41) is 23.6. The fourth-order valence-electron chi connectivity index (χ4n) is 2.04. The monoisotopic (exact) mass is 301 g/mol. The molecule has 5 nitrogen and oxygen atoms in total. The van der Waals surface area contributed by atoms with Crippen LogP contribution in [0.3, 0.4) is 0 Å². The van der Waals surface area contributed by atoms with E-state index in [0.29, 0.717) is 10.8 Å². The standard InChI is InChI=1S/C17H19NO4/c1-17(2,3)14(20)9-15(21)18-12-8-13(19)10-6-4-5-7-11(10)16(12)22/h4-8,19,22H,9H2,1-3H3,(H,18,21). The van der Waals surface area contributed by atoms with E-state index in [-0.39, 0.29) is 29.4 Å². The number of carbonyl (C=O) groups is 2. The summed E-state index contributed by atoms with van der Waals surface area (Å²) in [4.78, 5) is 23.8. The number of carbonyl (C=O) groups excluding carboxylic acids is 2. The molecule has 0 fully saturated rings. The number of rotatable bonds is 3. The Labute approximate surface area is 128 Å². The van der Waals surface area contributed by atoms with Gasteiger partial charge in [-0.1, -0.05) is 45.0 Å². The SMILES string of the molecule is CC(C)(C)C(=O)CC(=O)Nc1cc(O)c2ccccc2c1O. The molecule has 0 heterocycles. The first kappa shape index (κ1) is 15.8. The molecule has 5 heteroatoms. The minimum atomic E-state index is -0.606. The molecule has 0 spiro atoms. The molecule has 3 N–H and O–H groups in total. The highest BCUT2D eigenvalue weighted by Crippen LogP contribution is 2.38. The van der Waals surface area contributed by atoms with Crippen LogP contribution in [-0.2, 0) is 9.59 Å². The second-order valence-corrected chi connectivity index (χ2v) is 6.24. The number of Topliss-reactive ketones (excluding diaryl/α,β-unsaturated/α-hetero) is 1. The fourth-order valence-corrected chi connectivity index (χ4v) is 2.04. The third kappa shape index (κ3) is 3.19. The quantitative estimate of drug-likeness (QED) is 0.461. The smallest absolute Gasteiger partial charge is 0.231 e. The molecule has 2 aromatic rings. The molecule has 0 unspecified atom stereocenters. The second-order valence-electron chi connectivity index (χ2n) is 6.24. The summed E-state index contributed by atoms with van der Waals surface area (Å²) >= 11 is 0. The number of phenols is 2. The molecule has 0 radical (unpaired) electrons. The van der Waals surface area contributed by atoms with E-state index in [1.165, 1.54) is 6.07 Å². The Morgan fingerprint density at radius 1 is 1.09 bits per heavy atom. The van der Waals surface area contributed by atoms with Crippen molar-refractivity contribution < 1.29 is 19.8 Å². The minimum absolute atomic E-state index is 0.0501. The van der Waals surface area contributed by atoms with Gasteiger partial charge in [0.05, 0.1) is 12.1 Å². The van der Waals surface area contributed by atoms with Gasteiger partial charge in [0.2, 0.25) is 5.91 Å². The van der Waals surface area contributed by atoms with Gasteiger partial charge >= 0.3 is 0 Å². The van der Waals surface area contributed by atoms with Crippen LogP contribution in [-0.4, -0.2) is 21.9 Å². The van der Waals surface area contributed by atoms with E-state index >= 15 is 0 Å². The van der Waals surface area contributed by atoms with Crippen molar-refractivity contribution in [2.24, 2.45) is 5.41 Å². The molecule has 2 aromatic carbocycles. The minimum Gasteiger partial charge on any atom is -0.507 e. The first-order valence-electron chi connectivity index (χ1n) is 6.97. The van der Waals surface area contributed by atoms with Crippen LogP contribution >= 0.6 is 0 Å². The molecule has 116 valence electrons. The van der Waals surface area contributed by atoms with Crippen molar-refractivity contribution in [3.05, 3.63) is 30.3 Å². The van der Waals surface area contributed by atoms with Gasteiger partial charge in [0.1, 0.15) is 17.3 Å². The predicted molar refractivity (Wildman–Crippen MR) is 85.0 cm³/mol. The Morgan fingerprint density at radius 2 is 1.68 bits per heavy atom. The van der Waals surface area contributed by atoms with Crippen LogP contribution in [0.4, 0.5) is 5.69 Å². The number of benzene rings is 2. The van der Waals surface area contributed by atoms with Crippen molar-refractivity contribution >= 4 is 28.2 Å². The van der Waals surface area contributed by atoms with Gasteiger partial charge in [-0.15, -0.1) is 0 Å². The zero-order valence-corrected chi connectivity index (χ0v) is 12.8. The van der Waals surface area contributed by atoms with Gasteiger partial charge in [-0.3, -0.25) is 9.59 Å². The molecule has 0 aliphatic heterocycles. The van der Waals surface area contributed by atoms with E-state index in [4.69, 9.17) is 0 Å². The Balaban J connectivity index is 2.27. The lowest BCUT2D eigenvalue weighted by atomic mass is 9.89. The van der Waals surface area contributed by atoms with Crippen LogP contribution in [0.15, 0.2) is 30.3 Å². The average Bonchev–Trinajstić information content (AvgIpc) is 2.43. The number of anilines is 1. The number of amides is 1. The van der Waals surface area contributed by atoms with E-state index in [1.54, 1.807) is 45.0 Å². The zero-order valence-electron chi connectivity index (χ0n) is 12.8. The number of ketones is 1. The number of hydrogen-bond acceptors (Lipinski definition) is 4. The summed E-state index contributed by atoms with van der Waals surface area (Å²) in [6, 6.07) is 8.04. The molecular formula is C17H19NO4. The topological polar surface area (TPSA) is 86.6 Å². The molecule has 0 aliphatic carbocycles. The zero-order chi connectivity index (χ0) is 16.5. The van der Waals surface area contributed by atoms with Crippen LogP contribution in [0, 0.1) is 5.41 Å². The first-order chi connectivity index (χ1) is 10.2. The van der Waals surface area contributed by atoms with Crippen molar-refractivity contribution in [2.45, 2.75) is 27.2 Å². The lowest BCUT2D eigenvalue weighted by Crippen LogP contribution is -2.26. The number of fused-ring (bicyclic) bond motifs is 1. The normalized spacial score (nSPS) is 11.4. The highest BCUT2D eigenvalue weighted by Gasteiger charge is 2.24. The molecule has 22 heavy (non-hydrogen) atoms. The molecule has 0 bridgehead atoms. The number of phenolic OH excluding ortho intramolecular Hbond substituents is 2. The maximum Gasteiger partial charge on any atom is 0.231 e. The molecule has 1 amide bonds. The summed E-state index contributed by atoms with van der Waals surface area (Å²) in [5.41, 5.74) is -0.520. The van der Waals surface area contributed by atoms with Crippen molar-refractivity contribution in [1.29, 1.82) is 0 Å². The van der Waals surface area contributed by atoms with Gasteiger partial charge in [-0.25, -0.2) is 0 Å². The van der Waals surface area contributed by atoms with Gasteiger partial charge in [-0.05, 0) is 0 Å². The summed E-state index contributed by atoms with van der Waals surface area (Å²) in [7, 11) is 0. The summed E-state index contributed by atoms with van der Waals surface area (Å²) in [6.07, 6.45) is -0.281. The Morgan fingerprint density at radius 3 is 2.27 bits per heavy atom. The first-order valence-corrected chi connectivity index (χ1v) is 6.97. The van der Waals surface area contributed by atoms with Gasteiger partial charge in [-0.2, -0.15) is 0 Å². The van der Waals surface area contributed by atoms with E-state index < -0.39 is 11.3 Å². The van der Waals surface area contributed by atoms with E-state index in [1.807, 2.05) is 0 Å².